The van der Waals surface area contributed by atoms with Crippen LogP contribution in [0.1, 0.15) is 36.8 Å². The van der Waals surface area contributed by atoms with E-state index in [1.807, 2.05) is 19.5 Å². The SMILES string of the molecule is Cc1ncsc1CN(C)C1CC(C)CCC1C(=O)O. The van der Waals surface area contributed by atoms with E-state index in [4.69, 9.17) is 0 Å². The van der Waals surface area contributed by atoms with Crippen molar-refractivity contribution in [2.75, 3.05) is 7.05 Å². The second-order valence-corrected chi connectivity index (χ2v) is 6.65. The molecule has 1 aromatic rings. The molecule has 1 aromatic heterocycles. The lowest BCUT2D eigenvalue weighted by molar-refractivity contribution is -0.146. The Morgan fingerprint density at radius 3 is 2.89 bits per heavy atom. The number of carboxylic acid groups (broad SMARTS) is 1. The Morgan fingerprint density at radius 1 is 1.58 bits per heavy atom. The quantitative estimate of drug-likeness (QED) is 0.922. The van der Waals surface area contributed by atoms with Crippen LogP contribution in [-0.4, -0.2) is 34.0 Å². The molecule has 5 heteroatoms. The van der Waals surface area contributed by atoms with Gasteiger partial charge in [-0.3, -0.25) is 9.69 Å². The van der Waals surface area contributed by atoms with Crippen molar-refractivity contribution >= 4 is 17.3 Å². The predicted octanol–water partition coefficient (Wildman–Crippen LogP) is 2.77. The Balaban J connectivity index is 2.08. The van der Waals surface area contributed by atoms with E-state index in [1.165, 1.54) is 4.88 Å². The van der Waals surface area contributed by atoms with Gasteiger partial charge in [0.25, 0.3) is 0 Å². The highest BCUT2D eigenvalue weighted by Gasteiger charge is 2.36. The molecule has 1 aliphatic carbocycles. The fourth-order valence-electron chi connectivity index (χ4n) is 2.95. The highest BCUT2D eigenvalue weighted by Crippen LogP contribution is 2.33. The molecule has 3 unspecified atom stereocenters. The maximum Gasteiger partial charge on any atom is 0.308 e. The molecule has 0 aromatic carbocycles. The second-order valence-electron chi connectivity index (χ2n) is 5.71. The van der Waals surface area contributed by atoms with Gasteiger partial charge >= 0.3 is 5.97 Å². The molecule has 2 rings (SSSR count). The molecule has 0 aliphatic heterocycles. The van der Waals surface area contributed by atoms with Gasteiger partial charge in [0.2, 0.25) is 0 Å². The maximum absolute atomic E-state index is 11.4. The summed E-state index contributed by atoms with van der Waals surface area (Å²) in [6.07, 6.45) is 2.80. The largest absolute Gasteiger partial charge is 0.481 e. The van der Waals surface area contributed by atoms with E-state index in [1.54, 1.807) is 11.3 Å². The average Bonchev–Trinajstić information content (AvgIpc) is 2.74. The summed E-state index contributed by atoms with van der Waals surface area (Å²) in [5.41, 5.74) is 2.92. The third-order valence-electron chi connectivity index (χ3n) is 4.20. The number of carboxylic acids is 1. The fraction of sp³-hybridized carbons (Fsp3) is 0.714. The predicted molar refractivity (Wildman–Crippen MR) is 76.2 cm³/mol. The van der Waals surface area contributed by atoms with Crippen molar-refractivity contribution in [3.63, 3.8) is 0 Å². The number of carbonyl (C=O) groups is 1. The molecule has 1 fully saturated rings. The van der Waals surface area contributed by atoms with E-state index in [0.717, 1.165) is 31.5 Å². The molecule has 0 saturated heterocycles. The monoisotopic (exact) mass is 282 g/mol. The molecule has 1 aliphatic rings. The molecule has 0 spiro atoms. The lowest BCUT2D eigenvalue weighted by Gasteiger charge is -2.38. The van der Waals surface area contributed by atoms with Gasteiger partial charge in [-0.15, -0.1) is 11.3 Å². The van der Waals surface area contributed by atoms with E-state index in [2.05, 4.69) is 16.8 Å². The zero-order valence-electron chi connectivity index (χ0n) is 11.8. The van der Waals surface area contributed by atoms with Gasteiger partial charge in [0.1, 0.15) is 0 Å². The lowest BCUT2D eigenvalue weighted by atomic mass is 9.78. The molecule has 19 heavy (non-hydrogen) atoms. The molecule has 0 radical (unpaired) electrons. The minimum Gasteiger partial charge on any atom is -0.481 e. The topological polar surface area (TPSA) is 53.4 Å². The summed E-state index contributed by atoms with van der Waals surface area (Å²) in [6.45, 7) is 5.03. The maximum atomic E-state index is 11.4. The average molecular weight is 282 g/mol. The van der Waals surface area contributed by atoms with Crippen LogP contribution in [0.3, 0.4) is 0 Å². The standard InChI is InChI=1S/C14H22N2O2S/c1-9-4-5-11(14(17)18)12(6-9)16(3)7-13-10(2)15-8-19-13/h8-9,11-12H,4-7H2,1-3H3,(H,17,18). The third-order valence-corrected chi connectivity index (χ3v) is 5.12. The number of aliphatic carboxylic acids is 1. The lowest BCUT2D eigenvalue weighted by Crippen LogP contribution is -2.44. The van der Waals surface area contributed by atoms with Crippen LogP contribution in [-0.2, 0) is 11.3 Å². The molecule has 3 atom stereocenters. The summed E-state index contributed by atoms with van der Waals surface area (Å²) < 4.78 is 0. The number of aryl methyl sites for hydroxylation is 1. The highest BCUT2D eigenvalue weighted by molar-refractivity contribution is 7.09. The Bertz CT molecular complexity index is 446. The van der Waals surface area contributed by atoms with Crippen LogP contribution < -0.4 is 0 Å². The van der Waals surface area contributed by atoms with Gasteiger partial charge in [-0.2, -0.15) is 0 Å². The van der Waals surface area contributed by atoms with Gasteiger partial charge in [0.15, 0.2) is 0 Å². The van der Waals surface area contributed by atoms with Crippen molar-refractivity contribution in [1.82, 2.24) is 9.88 Å². The van der Waals surface area contributed by atoms with Crippen LogP contribution in [0.5, 0.6) is 0 Å². The summed E-state index contributed by atoms with van der Waals surface area (Å²) in [4.78, 5) is 19.1. The first-order chi connectivity index (χ1) is 8.99. The van der Waals surface area contributed by atoms with Gasteiger partial charge in [-0.1, -0.05) is 6.92 Å². The number of hydrogen-bond donors (Lipinski definition) is 1. The van der Waals surface area contributed by atoms with Crippen LogP contribution in [0.4, 0.5) is 0 Å². The summed E-state index contributed by atoms with van der Waals surface area (Å²) in [5.74, 6) is -0.259. The second kappa shape index (κ2) is 6.01. The summed E-state index contributed by atoms with van der Waals surface area (Å²) in [7, 11) is 2.04. The number of hydrogen-bond acceptors (Lipinski definition) is 4. The normalized spacial score (nSPS) is 27.7. The van der Waals surface area contributed by atoms with Crippen LogP contribution in [0, 0.1) is 18.8 Å². The smallest absolute Gasteiger partial charge is 0.308 e. The first-order valence-corrected chi connectivity index (χ1v) is 7.69. The number of thiazole rings is 1. The summed E-state index contributed by atoms with van der Waals surface area (Å²) >= 11 is 1.65. The van der Waals surface area contributed by atoms with Crippen molar-refractivity contribution in [3.05, 3.63) is 16.1 Å². The van der Waals surface area contributed by atoms with Gasteiger partial charge in [-0.25, -0.2) is 4.98 Å². The van der Waals surface area contributed by atoms with E-state index in [0.29, 0.717) is 5.92 Å². The van der Waals surface area contributed by atoms with E-state index in [-0.39, 0.29) is 12.0 Å². The Kier molecular flexibility index (Phi) is 4.58. The summed E-state index contributed by atoms with van der Waals surface area (Å²) in [5, 5.41) is 9.39. The Hall–Kier alpha value is -0.940. The molecule has 1 N–H and O–H groups in total. The molecule has 0 amide bonds. The zero-order chi connectivity index (χ0) is 14.0. The van der Waals surface area contributed by atoms with Crippen molar-refractivity contribution in [2.24, 2.45) is 11.8 Å². The number of aromatic nitrogens is 1. The third kappa shape index (κ3) is 3.34. The van der Waals surface area contributed by atoms with E-state index >= 15 is 0 Å². The van der Waals surface area contributed by atoms with Crippen molar-refractivity contribution < 1.29 is 9.90 Å². The molecule has 4 nitrogen and oxygen atoms in total. The van der Waals surface area contributed by atoms with E-state index in [9.17, 15) is 9.90 Å². The van der Waals surface area contributed by atoms with Gasteiger partial charge in [0.05, 0.1) is 17.1 Å². The van der Waals surface area contributed by atoms with Crippen molar-refractivity contribution in [2.45, 2.75) is 45.7 Å². The molecule has 1 heterocycles. The van der Waals surface area contributed by atoms with E-state index < -0.39 is 5.97 Å². The van der Waals surface area contributed by atoms with Gasteiger partial charge < -0.3 is 5.11 Å². The van der Waals surface area contributed by atoms with Crippen LogP contribution in [0.15, 0.2) is 5.51 Å². The molecule has 0 bridgehead atoms. The van der Waals surface area contributed by atoms with Crippen LogP contribution in [0.2, 0.25) is 0 Å². The molecular weight excluding hydrogens is 260 g/mol. The van der Waals surface area contributed by atoms with Crippen LogP contribution in [0.25, 0.3) is 0 Å². The molecule has 106 valence electrons. The van der Waals surface area contributed by atoms with Crippen molar-refractivity contribution in [3.8, 4) is 0 Å². The van der Waals surface area contributed by atoms with Gasteiger partial charge in [-0.05, 0) is 39.2 Å². The highest BCUT2D eigenvalue weighted by atomic mass is 32.1. The first-order valence-electron chi connectivity index (χ1n) is 6.81. The minimum atomic E-state index is -0.648. The Morgan fingerprint density at radius 2 is 2.32 bits per heavy atom. The Labute approximate surface area is 118 Å². The number of nitrogens with zero attached hydrogens (tertiary/aromatic N) is 2. The molecular formula is C14H22N2O2S. The van der Waals surface area contributed by atoms with Crippen molar-refractivity contribution in [1.29, 1.82) is 0 Å². The number of rotatable bonds is 4. The zero-order valence-corrected chi connectivity index (χ0v) is 12.6. The van der Waals surface area contributed by atoms with Crippen LogP contribution >= 0.6 is 11.3 Å². The van der Waals surface area contributed by atoms with Gasteiger partial charge in [0, 0.05) is 17.5 Å². The molecule has 1 saturated carbocycles. The fourth-order valence-corrected chi connectivity index (χ4v) is 3.79. The summed E-state index contributed by atoms with van der Waals surface area (Å²) in [6, 6.07) is 0.141. The minimum absolute atomic E-state index is 0.141. The first kappa shape index (κ1) is 14.5.